The molecule has 0 fully saturated rings. The highest BCUT2D eigenvalue weighted by molar-refractivity contribution is 5.46. The van der Waals surface area contributed by atoms with Crippen LogP contribution in [0.1, 0.15) is 11.1 Å². The van der Waals surface area contributed by atoms with E-state index in [2.05, 4.69) is 35.6 Å². The van der Waals surface area contributed by atoms with Crippen LogP contribution < -0.4 is 10.1 Å². The number of benzene rings is 2. The van der Waals surface area contributed by atoms with Gasteiger partial charge in [0.05, 0.1) is 13.2 Å². The SMILES string of the molecule is COCc1cccc(NCC2Cc3ccccc3O2)c1. The number of rotatable bonds is 5. The Morgan fingerprint density at radius 2 is 2.10 bits per heavy atom. The molecule has 1 unspecified atom stereocenters. The molecule has 0 aliphatic carbocycles. The third-order valence-corrected chi connectivity index (χ3v) is 3.49. The number of ether oxygens (including phenoxy) is 2. The minimum absolute atomic E-state index is 0.207. The zero-order valence-corrected chi connectivity index (χ0v) is 11.6. The first-order valence-electron chi connectivity index (χ1n) is 6.91. The highest BCUT2D eigenvalue weighted by Gasteiger charge is 2.21. The van der Waals surface area contributed by atoms with Crippen molar-refractivity contribution in [2.75, 3.05) is 19.0 Å². The predicted octanol–water partition coefficient (Wildman–Crippen LogP) is 3.25. The third-order valence-electron chi connectivity index (χ3n) is 3.49. The smallest absolute Gasteiger partial charge is 0.123 e. The molecule has 20 heavy (non-hydrogen) atoms. The van der Waals surface area contributed by atoms with Crippen molar-refractivity contribution < 1.29 is 9.47 Å². The van der Waals surface area contributed by atoms with Crippen LogP contribution in [0.5, 0.6) is 5.75 Å². The lowest BCUT2D eigenvalue weighted by Gasteiger charge is -2.13. The van der Waals surface area contributed by atoms with Crippen LogP contribution in [0.25, 0.3) is 0 Å². The van der Waals surface area contributed by atoms with Gasteiger partial charge in [0.1, 0.15) is 11.9 Å². The van der Waals surface area contributed by atoms with Crippen LogP contribution in [0.2, 0.25) is 0 Å². The quantitative estimate of drug-likeness (QED) is 0.904. The van der Waals surface area contributed by atoms with E-state index in [1.807, 2.05) is 18.2 Å². The number of anilines is 1. The summed E-state index contributed by atoms with van der Waals surface area (Å²) in [6.07, 6.45) is 1.18. The van der Waals surface area contributed by atoms with E-state index in [9.17, 15) is 0 Å². The number of fused-ring (bicyclic) bond motifs is 1. The van der Waals surface area contributed by atoms with Gasteiger partial charge in [-0.3, -0.25) is 0 Å². The topological polar surface area (TPSA) is 30.5 Å². The Morgan fingerprint density at radius 1 is 1.20 bits per heavy atom. The fourth-order valence-electron chi connectivity index (χ4n) is 2.54. The van der Waals surface area contributed by atoms with Crippen LogP contribution >= 0.6 is 0 Å². The van der Waals surface area contributed by atoms with Gasteiger partial charge in [-0.2, -0.15) is 0 Å². The van der Waals surface area contributed by atoms with E-state index in [1.165, 1.54) is 11.1 Å². The summed E-state index contributed by atoms with van der Waals surface area (Å²) in [5.41, 5.74) is 3.58. The molecule has 3 nitrogen and oxygen atoms in total. The molecular formula is C17H19NO2. The van der Waals surface area contributed by atoms with Crippen molar-refractivity contribution in [2.24, 2.45) is 0 Å². The minimum atomic E-state index is 0.207. The highest BCUT2D eigenvalue weighted by Crippen LogP contribution is 2.28. The second-order valence-corrected chi connectivity index (χ2v) is 5.07. The van der Waals surface area contributed by atoms with Gasteiger partial charge in [0, 0.05) is 19.2 Å². The lowest BCUT2D eigenvalue weighted by atomic mass is 10.1. The summed E-state index contributed by atoms with van der Waals surface area (Å²) >= 11 is 0. The molecule has 0 saturated heterocycles. The van der Waals surface area contributed by atoms with Crippen molar-refractivity contribution in [1.82, 2.24) is 0 Å². The Morgan fingerprint density at radius 3 is 2.95 bits per heavy atom. The summed E-state index contributed by atoms with van der Waals surface area (Å²) in [5.74, 6) is 1.02. The van der Waals surface area contributed by atoms with E-state index in [1.54, 1.807) is 7.11 Å². The number of hydrogen-bond donors (Lipinski definition) is 1. The molecule has 3 heteroatoms. The van der Waals surface area contributed by atoms with Crippen LogP contribution in [0.15, 0.2) is 48.5 Å². The lowest BCUT2D eigenvalue weighted by Crippen LogP contribution is -2.23. The van der Waals surface area contributed by atoms with Gasteiger partial charge in [-0.05, 0) is 29.3 Å². The minimum Gasteiger partial charge on any atom is -0.488 e. The molecular weight excluding hydrogens is 250 g/mol. The number of nitrogens with one attached hydrogen (secondary N) is 1. The van der Waals surface area contributed by atoms with Crippen LogP contribution in [0.3, 0.4) is 0 Å². The molecule has 2 aromatic rings. The summed E-state index contributed by atoms with van der Waals surface area (Å²) in [6, 6.07) is 16.5. The zero-order valence-electron chi connectivity index (χ0n) is 11.6. The number of methoxy groups -OCH3 is 1. The Kier molecular flexibility index (Phi) is 3.88. The average Bonchev–Trinajstić information content (AvgIpc) is 2.89. The van der Waals surface area contributed by atoms with E-state index in [0.717, 1.165) is 24.4 Å². The Bertz CT molecular complexity index is 558. The fourth-order valence-corrected chi connectivity index (χ4v) is 2.54. The van der Waals surface area contributed by atoms with Gasteiger partial charge in [-0.1, -0.05) is 30.3 Å². The number of para-hydroxylation sites is 1. The molecule has 0 spiro atoms. The first-order valence-corrected chi connectivity index (χ1v) is 6.91. The van der Waals surface area contributed by atoms with Crippen LogP contribution in [0, 0.1) is 0 Å². The fraction of sp³-hybridized carbons (Fsp3) is 0.294. The molecule has 0 aromatic heterocycles. The van der Waals surface area contributed by atoms with E-state index in [0.29, 0.717) is 6.61 Å². The van der Waals surface area contributed by atoms with Gasteiger partial charge < -0.3 is 14.8 Å². The first kappa shape index (κ1) is 13.0. The molecule has 0 bridgehead atoms. The van der Waals surface area contributed by atoms with E-state index in [-0.39, 0.29) is 6.10 Å². The predicted molar refractivity (Wildman–Crippen MR) is 80.2 cm³/mol. The average molecular weight is 269 g/mol. The molecule has 1 atom stereocenters. The molecule has 1 N–H and O–H groups in total. The summed E-state index contributed by atoms with van der Waals surface area (Å²) in [5, 5.41) is 3.44. The maximum atomic E-state index is 5.92. The first-order chi connectivity index (χ1) is 9.85. The van der Waals surface area contributed by atoms with Crippen molar-refractivity contribution in [3.63, 3.8) is 0 Å². The van der Waals surface area contributed by atoms with Crippen molar-refractivity contribution in [1.29, 1.82) is 0 Å². The van der Waals surface area contributed by atoms with Crippen molar-refractivity contribution in [3.05, 3.63) is 59.7 Å². The van der Waals surface area contributed by atoms with Crippen LogP contribution in [0.4, 0.5) is 5.69 Å². The monoisotopic (exact) mass is 269 g/mol. The van der Waals surface area contributed by atoms with E-state index < -0.39 is 0 Å². The number of hydrogen-bond acceptors (Lipinski definition) is 3. The lowest BCUT2D eigenvalue weighted by molar-refractivity contribution is 0.185. The van der Waals surface area contributed by atoms with Crippen molar-refractivity contribution in [2.45, 2.75) is 19.1 Å². The summed E-state index contributed by atoms with van der Waals surface area (Å²) < 4.78 is 11.1. The van der Waals surface area contributed by atoms with Gasteiger partial charge in [0.25, 0.3) is 0 Å². The highest BCUT2D eigenvalue weighted by atomic mass is 16.5. The molecule has 0 saturated carbocycles. The summed E-state index contributed by atoms with van der Waals surface area (Å²) in [6.45, 7) is 1.45. The molecule has 1 heterocycles. The standard InChI is InChI=1S/C17H19NO2/c1-19-12-13-5-4-7-15(9-13)18-11-16-10-14-6-2-3-8-17(14)20-16/h2-9,16,18H,10-12H2,1H3. The van der Waals surface area contributed by atoms with Gasteiger partial charge in [-0.25, -0.2) is 0 Å². The maximum Gasteiger partial charge on any atom is 0.123 e. The van der Waals surface area contributed by atoms with Crippen molar-refractivity contribution >= 4 is 5.69 Å². The second-order valence-electron chi connectivity index (χ2n) is 5.07. The molecule has 3 rings (SSSR count). The normalized spacial score (nSPS) is 16.6. The zero-order chi connectivity index (χ0) is 13.8. The second kappa shape index (κ2) is 5.97. The van der Waals surface area contributed by atoms with E-state index in [4.69, 9.17) is 9.47 Å². The Balaban J connectivity index is 1.57. The van der Waals surface area contributed by atoms with Crippen molar-refractivity contribution in [3.8, 4) is 5.75 Å². The Labute approximate surface area is 119 Å². The van der Waals surface area contributed by atoms with Gasteiger partial charge in [0.2, 0.25) is 0 Å². The Hall–Kier alpha value is -2.00. The molecule has 2 aromatic carbocycles. The van der Waals surface area contributed by atoms with Gasteiger partial charge in [0.15, 0.2) is 0 Å². The molecule has 0 radical (unpaired) electrons. The van der Waals surface area contributed by atoms with Gasteiger partial charge >= 0.3 is 0 Å². The third kappa shape index (κ3) is 2.94. The summed E-state index contributed by atoms with van der Waals surface area (Å²) in [7, 11) is 1.71. The van der Waals surface area contributed by atoms with Gasteiger partial charge in [-0.15, -0.1) is 0 Å². The molecule has 104 valence electrons. The molecule has 0 amide bonds. The van der Waals surface area contributed by atoms with E-state index >= 15 is 0 Å². The summed E-state index contributed by atoms with van der Waals surface area (Å²) in [4.78, 5) is 0. The largest absolute Gasteiger partial charge is 0.488 e. The maximum absolute atomic E-state index is 5.92. The van der Waals surface area contributed by atoms with Crippen LogP contribution in [-0.2, 0) is 17.8 Å². The molecule has 1 aliphatic heterocycles. The molecule has 1 aliphatic rings. The van der Waals surface area contributed by atoms with Crippen LogP contribution in [-0.4, -0.2) is 19.8 Å².